The number of hydrogen-bond donors (Lipinski definition) is 0. The Balaban J connectivity index is 1.75. The molecule has 24 heavy (non-hydrogen) atoms. The Kier molecular flexibility index (Phi) is 4.91. The third-order valence-electron chi connectivity index (χ3n) is 6.10. The largest absolute Gasteiger partial charge is 0.348 e. The summed E-state index contributed by atoms with van der Waals surface area (Å²) in [4.78, 5) is 13.0. The zero-order chi connectivity index (χ0) is 17.4. The first kappa shape index (κ1) is 18.1. The lowest BCUT2D eigenvalue weighted by atomic mass is 9.72. The van der Waals surface area contributed by atoms with Gasteiger partial charge in [-0.2, -0.15) is 0 Å². The molecule has 0 radical (unpaired) electrons. The van der Waals surface area contributed by atoms with E-state index in [4.69, 9.17) is 18.9 Å². The van der Waals surface area contributed by atoms with E-state index in [1.165, 1.54) is 0 Å². The van der Waals surface area contributed by atoms with Crippen molar-refractivity contribution in [3.63, 3.8) is 0 Å². The van der Waals surface area contributed by atoms with Gasteiger partial charge in [0.1, 0.15) is 5.78 Å². The zero-order valence-electron chi connectivity index (χ0n) is 15.2. The average Bonchev–Trinajstić information content (AvgIpc) is 3.21. The summed E-state index contributed by atoms with van der Waals surface area (Å²) in [6.07, 6.45) is 3.65. The number of allylic oxidation sites excluding steroid dienone is 1. The van der Waals surface area contributed by atoms with Gasteiger partial charge in [-0.1, -0.05) is 12.2 Å². The molecule has 0 spiro atoms. The van der Waals surface area contributed by atoms with Gasteiger partial charge in [0.2, 0.25) is 0 Å². The minimum atomic E-state index is -0.827. The molecule has 2 heterocycles. The highest BCUT2D eigenvalue weighted by atomic mass is 16.7. The summed E-state index contributed by atoms with van der Waals surface area (Å²) in [5.41, 5.74) is 0.475. The Hall–Kier alpha value is -0.750. The van der Waals surface area contributed by atoms with Crippen LogP contribution in [-0.2, 0) is 23.7 Å². The number of hydrogen-bond acceptors (Lipinski definition) is 5. The molecule has 3 aliphatic rings. The zero-order valence-corrected chi connectivity index (χ0v) is 15.2. The van der Waals surface area contributed by atoms with Crippen LogP contribution in [-0.4, -0.2) is 43.8 Å². The molecule has 1 saturated carbocycles. The van der Waals surface area contributed by atoms with Gasteiger partial charge in [-0.3, -0.25) is 4.79 Å². The Labute approximate surface area is 144 Å². The van der Waals surface area contributed by atoms with Gasteiger partial charge in [0.05, 0.1) is 31.8 Å². The Morgan fingerprint density at radius 2 is 1.67 bits per heavy atom. The van der Waals surface area contributed by atoms with E-state index in [0.29, 0.717) is 32.8 Å². The van der Waals surface area contributed by atoms with Crippen LogP contribution in [0.3, 0.4) is 0 Å². The monoisotopic (exact) mass is 338 g/mol. The number of Topliss-reactive ketones (excluding diaryl/α,β-unsaturated/α-hetero) is 1. The first-order valence-corrected chi connectivity index (χ1v) is 9.05. The van der Waals surface area contributed by atoms with E-state index in [2.05, 4.69) is 6.58 Å². The van der Waals surface area contributed by atoms with Gasteiger partial charge in [-0.25, -0.2) is 0 Å². The number of carbonyl (C=O) groups is 1. The van der Waals surface area contributed by atoms with Crippen molar-refractivity contribution in [1.82, 2.24) is 0 Å². The smallest absolute Gasteiger partial charge is 0.178 e. The molecule has 0 amide bonds. The van der Waals surface area contributed by atoms with Crippen LogP contribution in [0.25, 0.3) is 0 Å². The minimum absolute atomic E-state index is 0.219. The number of ketones is 1. The minimum Gasteiger partial charge on any atom is -0.348 e. The molecule has 5 nitrogen and oxygen atoms in total. The van der Waals surface area contributed by atoms with Crippen LogP contribution in [0.15, 0.2) is 12.2 Å². The first-order valence-electron chi connectivity index (χ1n) is 9.05. The summed E-state index contributed by atoms with van der Waals surface area (Å²) in [7, 11) is 0. The molecule has 3 fully saturated rings. The van der Waals surface area contributed by atoms with Crippen molar-refractivity contribution in [3.05, 3.63) is 12.2 Å². The topological polar surface area (TPSA) is 54.0 Å². The van der Waals surface area contributed by atoms with E-state index in [0.717, 1.165) is 31.3 Å². The molecule has 0 N–H and O–H groups in total. The molecule has 1 aliphatic carbocycles. The van der Waals surface area contributed by atoms with Crippen LogP contribution in [0, 0.1) is 11.3 Å². The Bertz CT molecular complexity index is 502. The summed E-state index contributed by atoms with van der Waals surface area (Å²) in [5.74, 6) is -0.878. The third-order valence-corrected chi connectivity index (χ3v) is 6.10. The van der Waals surface area contributed by atoms with E-state index in [1.54, 1.807) is 0 Å². The van der Waals surface area contributed by atoms with Crippen LogP contribution in [0.4, 0.5) is 0 Å². The summed E-state index contributed by atoms with van der Waals surface area (Å²) in [5, 5.41) is 0. The average molecular weight is 338 g/mol. The van der Waals surface area contributed by atoms with Crippen molar-refractivity contribution < 1.29 is 23.7 Å². The van der Waals surface area contributed by atoms with Gasteiger partial charge in [-0.15, -0.1) is 0 Å². The predicted molar refractivity (Wildman–Crippen MR) is 89.4 cm³/mol. The Morgan fingerprint density at radius 1 is 1.08 bits per heavy atom. The predicted octanol–water partition coefficient (Wildman–Crippen LogP) is 3.22. The maximum absolute atomic E-state index is 13.0. The quantitative estimate of drug-likeness (QED) is 0.696. The molecular weight excluding hydrogens is 308 g/mol. The standard InChI is InChI=1S/C19H30O5/c1-14(2)15-12-16(20)19(13-15,18(4)23-10-11-24-18)7-5-6-17(3)21-8-9-22-17/h15H,1,5-13H2,2-4H3/t15-,19-/m1/s1. The fourth-order valence-electron chi connectivity index (χ4n) is 4.48. The van der Waals surface area contributed by atoms with Crippen LogP contribution in [0.5, 0.6) is 0 Å². The highest BCUT2D eigenvalue weighted by molar-refractivity contribution is 5.88. The van der Waals surface area contributed by atoms with Crippen molar-refractivity contribution in [2.24, 2.45) is 11.3 Å². The SMILES string of the molecule is C=C(C)[C@@H]1CC(=O)[C@](CCCC2(C)OCCO2)(C2(C)OCCO2)C1. The van der Waals surface area contributed by atoms with Crippen molar-refractivity contribution in [2.75, 3.05) is 26.4 Å². The van der Waals surface area contributed by atoms with Crippen LogP contribution in [0.2, 0.25) is 0 Å². The van der Waals surface area contributed by atoms with Crippen LogP contribution >= 0.6 is 0 Å². The maximum Gasteiger partial charge on any atom is 0.178 e. The second-order valence-electron chi connectivity index (χ2n) is 7.78. The highest BCUT2D eigenvalue weighted by Crippen LogP contribution is 2.54. The van der Waals surface area contributed by atoms with Crippen molar-refractivity contribution in [3.8, 4) is 0 Å². The second-order valence-corrected chi connectivity index (χ2v) is 7.78. The molecule has 0 aromatic carbocycles. The lowest BCUT2D eigenvalue weighted by Gasteiger charge is -2.41. The van der Waals surface area contributed by atoms with E-state index < -0.39 is 17.0 Å². The molecule has 5 heteroatoms. The van der Waals surface area contributed by atoms with E-state index in [-0.39, 0.29) is 11.7 Å². The van der Waals surface area contributed by atoms with Gasteiger partial charge < -0.3 is 18.9 Å². The number of carbonyl (C=O) groups excluding carboxylic acids is 1. The fraction of sp³-hybridized carbons (Fsp3) is 0.842. The van der Waals surface area contributed by atoms with Crippen molar-refractivity contribution >= 4 is 5.78 Å². The van der Waals surface area contributed by atoms with Gasteiger partial charge in [0.25, 0.3) is 0 Å². The molecule has 136 valence electrons. The van der Waals surface area contributed by atoms with E-state index >= 15 is 0 Å². The lowest BCUT2D eigenvalue weighted by Crippen LogP contribution is -2.50. The molecule has 0 bridgehead atoms. The normalized spacial score (nSPS) is 34.8. The van der Waals surface area contributed by atoms with Gasteiger partial charge in [-0.05, 0) is 46.0 Å². The first-order chi connectivity index (χ1) is 11.3. The van der Waals surface area contributed by atoms with Crippen molar-refractivity contribution in [1.29, 1.82) is 0 Å². The van der Waals surface area contributed by atoms with Gasteiger partial charge >= 0.3 is 0 Å². The van der Waals surface area contributed by atoms with Crippen molar-refractivity contribution in [2.45, 2.75) is 64.4 Å². The summed E-state index contributed by atoms with van der Waals surface area (Å²) in [6.45, 7) is 12.4. The molecule has 2 saturated heterocycles. The van der Waals surface area contributed by atoms with E-state index in [1.807, 2.05) is 20.8 Å². The van der Waals surface area contributed by atoms with E-state index in [9.17, 15) is 4.79 Å². The summed E-state index contributed by atoms with van der Waals surface area (Å²) in [6, 6.07) is 0. The summed E-state index contributed by atoms with van der Waals surface area (Å²) >= 11 is 0. The third kappa shape index (κ3) is 3.07. The molecule has 2 aliphatic heterocycles. The van der Waals surface area contributed by atoms with Crippen LogP contribution in [0.1, 0.15) is 52.9 Å². The molecular formula is C19H30O5. The maximum atomic E-state index is 13.0. The van der Waals surface area contributed by atoms with Crippen LogP contribution < -0.4 is 0 Å². The van der Waals surface area contributed by atoms with Gasteiger partial charge in [0, 0.05) is 12.8 Å². The highest BCUT2D eigenvalue weighted by Gasteiger charge is 2.60. The molecule has 0 aromatic rings. The fourth-order valence-corrected chi connectivity index (χ4v) is 4.48. The molecule has 0 unspecified atom stereocenters. The molecule has 2 atom stereocenters. The Morgan fingerprint density at radius 3 is 2.21 bits per heavy atom. The molecule has 0 aromatic heterocycles. The number of ether oxygens (including phenoxy) is 4. The second kappa shape index (κ2) is 6.52. The molecule has 3 rings (SSSR count). The number of rotatable bonds is 6. The summed E-state index contributed by atoms with van der Waals surface area (Å²) < 4.78 is 23.3. The lowest BCUT2D eigenvalue weighted by molar-refractivity contribution is -0.224. The van der Waals surface area contributed by atoms with Gasteiger partial charge in [0.15, 0.2) is 11.6 Å².